The zero-order chi connectivity index (χ0) is 21.1. The standard InChI is InChI=1S/C26H25NO2S/c1-3-4-8-20-13-16-25-24(17-20)23(21-9-6-5-7-10-21)18-26(27-25)30(28,29)22-14-11-19(2)12-15-22/h5-7,9-18H,3-4,8H2,1-2H3. The van der Waals surface area contributed by atoms with Crippen LogP contribution in [0.1, 0.15) is 30.9 Å². The van der Waals surface area contributed by atoms with Gasteiger partial charge in [0.15, 0.2) is 5.03 Å². The normalized spacial score (nSPS) is 11.7. The maximum absolute atomic E-state index is 13.3. The molecule has 4 rings (SSSR count). The molecule has 30 heavy (non-hydrogen) atoms. The number of sulfone groups is 1. The van der Waals surface area contributed by atoms with Crippen LogP contribution in [-0.4, -0.2) is 13.4 Å². The van der Waals surface area contributed by atoms with Crippen LogP contribution in [0.4, 0.5) is 0 Å². The Balaban J connectivity index is 1.93. The average Bonchev–Trinajstić information content (AvgIpc) is 2.77. The van der Waals surface area contributed by atoms with Gasteiger partial charge in [-0.15, -0.1) is 0 Å². The van der Waals surface area contributed by atoms with Crippen molar-refractivity contribution < 1.29 is 8.42 Å². The zero-order valence-electron chi connectivity index (χ0n) is 17.3. The summed E-state index contributed by atoms with van der Waals surface area (Å²) in [7, 11) is -3.71. The Labute approximate surface area is 178 Å². The molecule has 0 fully saturated rings. The number of aryl methyl sites for hydroxylation is 2. The van der Waals surface area contributed by atoms with E-state index in [1.165, 1.54) is 5.56 Å². The summed E-state index contributed by atoms with van der Waals surface area (Å²) in [4.78, 5) is 4.83. The fourth-order valence-electron chi connectivity index (χ4n) is 3.62. The van der Waals surface area contributed by atoms with Gasteiger partial charge in [0, 0.05) is 5.39 Å². The molecule has 0 unspecified atom stereocenters. The topological polar surface area (TPSA) is 47.0 Å². The van der Waals surface area contributed by atoms with Gasteiger partial charge < -0.3 is 0 Å². The predicted octanol–water partition coefficient (Wildman–Crippen LogP) is 6.39. The Bertz CT molecular complexity index is 1280. The van der Waals surface area contributed by atoms with Gasteiger partial charge in [0.1, 0.15) is 0 Å². The van der Waals surface area contributed by atoms with E-state index in [4.69, 9.17) is 0 Å². The quantitative estimate of drug-likeness (QED) is 0.367. The van der Waals surface area contributed by atoms with E-state index in [0.717, 1.165) is 41.3 Å². The zero-order valence-corrected chi connectivity index (χ0v) is 18.1. The molecule has 0 bridgehead atoms. The first-order valence-corrected chi connectivity index (χ1v) is 11.8. The van der Waals surface area contributed by atoms with Crippen molar-refractivity contribution in [3.05, 3.63) is 90.0 Å². The number of pyridine rings is 1. The molecule has 0 aliphatic rings. The molecule has 0 amide bonds. The molecule has 0 aliphatic heterocycles. The highest BCUT2D eigenvalue weighted by Gasteiger charge is 2.22. The second-order valence-electron chi connectivity index (χ2n) is 7.65. The van der Waals surface area contributed by atoms with Crippen molar-refractivity contribution in [2.75, 3.05) is 0 Å². The fourth-order valence-corrected chi connectivity index (χ4v) is 4.84. The van der Waals surface area contributed by atoms with Gasteiger partial charge in [0.2, 0.25) is 9.84 Å². The third-order valence-corrected chi connectivity index (χ3v) is 7.01. The van der Waals surface area contributed by atoms with Crippen LogP contribution >= 0.6 is 0 Å². The van der Waals surface area contributed by atoms with Gasteiger partial charge in [-0.2, -0.15) is 0 Å². The Morgan fingerprint density at radius 1 is 0.867 bits per heavy atom. The van der Waals surface area contributed by atoms with Crippen LogP contribution in [0.25, 0.3) is 22.0 Å². The molecule has 1 heterocycles. The maximum Gasteiger partial charge on any atom is 0.223 e. The molecule has 3 aromatic carbocycles. The first-order valence-electron chi connectivity index (χ1n) is 10.3. The highest BCUT2D eigenvalue weighted by atomic mass is 32.2. The molecule has 1 aromatic heterocycles. The van der Waals surface area contributed by atoms with Crippen LogP contribution in [-0.2, 0) is 16.3 Å². The number of rotatable bonds is 6. The minimum absolute atomic E-state index is 0.0824. The third kappa shape index (κ3) is 4.01. The highest BCUT2D eigenvalue weighted by Crippen LogP contribution is 2.32. The van der Waals surface area contributed by atoms with Crippen LogP contribution in [0, 0.1) is 6.92 Å². The van der Waals surface area contributed by atoms with Gasteiger partial charge in [-0.1, -0.05) is 67.4 Å². The molecule has 4 aromatic rings. The second-order valence-corrected chi connectivity index (χ2v) is 9.54. The van der Waals surface area contributed by atoms with E-state index in [2.05, 4.69) is 24.0 Å². The lowest BCUT2D eigenvalue weighted by atomic mass is 9.98. The summed E-state index contributed by atoms with van der Waals surface area (Å²) in [6, 6.07) is 24.7. The summed E-state index contributed by atoms with van der Waals surface area (Å²) in [6.45, 7) is 4.12. The molecule has 0 spiro atoms. The van der Waals surface area contributed by atoms with Gasteiger partial charge in [-0.3, -0.25) is 0 Å². The Morgan fingerprint density at radius 3 is 2.30 bits per heavy atom. The van der Waals surface area contributed by atoms with E-state index in [0.29, 0.717) is 5.52 Å². The first kappa shape index (κ1) is 20.3. The van der Waals surface area contributed by atoms with Gasteiger partial charge in [-0.25, -0.2) is 13.4 Å². The van der Waals surface area contributed by atoms with Crippen LogP contribution in [0.2, 0.25) is 0 Å². The van der Waals surface area contributed by atoms with Gasteiger partial charge in [0.05, 0.1) is 10.4 Å². The lowest BCUT2D eigenvalue weighted by Gasteiger charge is -2.12. The van der Waals surface area contributed by atoms with Crippen molar-refractivity contribution in [3.63, 3.8) is 0 Å². The molecule has 0 atom stereocenters. The van der Waals surface area contributed by atoms with Crippen molar-refractivity contribution in [3.8, 4) is 11.1 Å². The molecule has 0 N–H and O–H groups in total. The van der Waals surface area contributed by atoms with Crippen LogP contribution in [0.15, 0.2) is 88.8 Å². The average molecular weight is 416 g/mol. The van der Waals surface area contributed by atoms with E-state index in [1.54, 1.807) is 18.2 Å². The first-order chi connectivity index (χ1) is 14.5. The SMILES string of the molecule is CCCCc1ccc2nc(S(=O)(=O)c3ccc(C)cc3)cc(-c3ccccc3)c2c1. The summed E-state index contributed by atoms with van der Waals surface area (Å²) in [5.41, 5.74) is 4.84. The lowest BCUT2D eigenvalue weighted by Crippen LogP contribution is -2.05. The Morgan fingerprint density at radius 2 is 1.60 bits per heavy atom. The van der Waals surface area contributed by atoms with Crippen LogP contribution in [0.5, 0.6) is 0 Å². The summed E-state index contributed by atoms with van der Waals surface area (Å²) in [5.74, 6) is 0. The van der Waals surface area contributed by atoms with Crippen molar-refractivity contribution in [1.29, 1.82) is 0 Å². The minimum atomic E-state index is -3.71. The van der Waals surface area contributed by atoms with E-state index < -0.39 is 9.84 Å². The number of unbranched alkanes of at least 4 members (excludes halogenated alkanes) is 1. The number of fused-ring (bicyclic) bond motifs is 1. The van der Waals surface area contributed by atoms with E-state index >= 15 is 0 Å². The van der Waals surface area contributed by atoms with Crippen LogP contribution < -0.4 is 0 Å². The summed E-state index contributed by atoms with van der Waals surface area (Å²) in [5, 5.41) is 1.07. The van der Waals surface area contributed by atoms with E-state index in [9.17, 15) is 8.42 Å². The molecule has 152 valence electrons. The monoisotopic (exact) mass is 415 g/mol. The number of benzene rings is 3. The smallest absolute Gasteiger partial charge is 0.223 e. The Kier molecular flexibility index (Phi) is 5.69. The largest absolute Gasteiger partial charge is 0.236 e. The van der Waals surface area contributed by atoms with E-state index in [1.807, 2.05) is 55.5 Å². The number of aromatic nitrogens is 1. The third-order valence-electron chi connectivity index (χ3n) is 5.36. The molecule has 0 radical (unpaired) electrons. The fraction of sp³-hybridized carbons (Fsp3) is 0.192. The molecule has 3 nitrogen and oxygen atoms in total. The molecule has 0 saturated carbocycles. The van der Waals surface area contributed by atoms with Crippen molar-refractivity contribution in [2.45, 2.75) is 43.0 Å². The van der Waals surface area contributed by atoms with Crippen molar-refractivity contribution >= 4 is 20.7 Å². The number of hydrogen-bond donors (Lipinski definition) is 0. The second kappa shape index (κ2) is 8.41. The van der Waals surface area contributed by atoms with Gasteiger partial charge >= 0.3 is 0 Å². The van der Waals surface area contributed by atoms with E-state index in [-0.39, 0.29) is 9.92 Å². The minimum Gasteiger partial charge on any atom is -0.236 e. The predicted molar refractivity (Wildman–Crippen MR) is 122 cm³/mol. The van der Waals surface area contributed by atoms with Crippen LogP contribution in [0.3, 0.4) is 0 Å². The molecular formula is C26H25NO2S. The lowest BCUT2D eigenvalue weighted by molar-refractivity contribution is 0.593. The van der Waals surface area contributed by atoms with Crippen molar-refractivity contribution in [2.24, 2.45) is 0 Å². The maximum atomic E-state index is 13.3. The molecule has 4 heteroatoms. The number of hydrogen-bond acceptors (Lipinski definition) is 3. The van der Waals surface area contributed by atoms with Gasteiger partial charge in [-0.05, 0) is 66.8 Å². The van der Waals surface area contributed by atoms with Gasteiger partial charge in [0.25, 0.3) is 0 Å². The molecule has 0 aliphatic carbocycles. The Hall–Kier alpha value is -2.98. The summed E-state index contributed by atoms with van der Waals surface area (Å²) >= 11 is 0. The molecule has 0 saturated heterocycles. The van der Waals surface area contributed by atoms with Crippen molar-refractivity contribution in [1.82, 2.24) is 4.98 Å². The molecular weight excluding hydrogens is 390 g/mol. The number of nitrogens with zero attached hydrogens (tertiary/aromatic N) is 1. The highest BCUT2D eigenvalue weighted by molar-refractivity contribution is 7.91. The summed E-state index contributed by atoms with van der Waals surface area (Å²) in [6.07, 6.45) is 3.26. The summed E-state index contributed by atoms with van der Waals surface area (Å²) < 4.78 is 26.6.